The van der Waals surface area contributed by atoms with E-state index in [0.717, 1.165) is 19.3 Å². The van der Waals surface area contributed by atoms with Crippen molar-refractivity contribution in [2.75, 3.05) is 6.54 Å². The van der Waals surface area contributed by atoms with Gasteiger partial charge in [-0.3, -0.25) is 9.59 Å². The molecule has 0 spiro atoms. The van der Waals surface area contributed by atoms with Gasteiger partial charge in [-0.15, -0.1) is 0 Å². The Morgan fingerprint density at radius 1 is 1.25 bits per heavy atom. The van der Waals surface area contributed by atoms with Crippen LogP contribution in [0.25, 0.3) is 0 Å². The molecule has 1 saturated carbocycles. The third-order valence-electron chi connectivity index (χ3n) is 5.04. The van der Waals surface area contributed by atoms with Crippen molar-refractivity contribution in [3.05, 3.63) is 0 Å². The van der Waals surface area contributed by atoms with Crippen molar-refractivity contribution < 1.29 is 28.3 Å². The molecule has 8 heteroatoms. The highest BCUT2D eigenvalue weighted by atomic mass is 19.3. The molecule has 0 radical (unpaired) electrons. The number of carboxylic acid groups (broad SMARTS) is 1. The van der Waals surface area contributed by atoms with Crippen LogP contribution in [0.3, 0.4) is 0 Å². The smallest absolute Gasteiger partial charge is 0.326 e. The first kappa shape index (κ1) is 18.6. The zero-order valence-corrected chi connectivity index (χ0v) is 14.1. The summed E-state index contributed by atoms with van der Waals surface area (Å²) in [6.45, 7) is 4.03. The minimum Gasteiger partial charge on any atom is -0.480 e. The number of halogens is 2. The van der Waals surface area contributed by atoms with Gasteiger partial charge in [0.25, 0.3) is 5.91 Å². The van der Waals surface area contributed by atoms with Crippen LogP contribution in [-0.2, 0) is 14.4 Å². The Labute approximate surface area is 139 Å². The van der Waals surface area contributed by atoms with Crippen LogP contribution < -0.4 is 5.32 Å². The minimum absolute atomic E-state index is 0.0948. The summed E-state index contributed by atoms with van der Waals surface area (Å²) in [5.74, 6) is -7.19. The fourth-order valence-electron chi connectivity index (χ4n) is 3.81. The third kappa shape index (κ3) is 3.52. The van der Waals surface area contributed by atoms with E-state index in [1.807, 2.05) is 0 Å². The molecule has 0 aromatic rings. The first-order valence-corrected chi connectivity index (χ1v) is 8.26. The number of fused-ring (bicyclic) bond motifs is 1. The summed E-state index contributed by atoms with van der Waals surface area (Å²) in [7, 11) is 0. The fraction of sp³-hybridized carbons (Fsp3) is 0.812. The summed E-state index contributed by atoms with van der Waals surface area (Å²) in [4.78, 5) is 37.3. The standard InChI is InChI=1S/C16H24F2N2O4/c1-8(2)11(19-15(24)16(3,17)18)13(21)20-7-9-5-4-6-10(9)12(20)14(22)23/h8-12H,4-7H2,1-3H3,(H,19,24)(H,22,23)/t9?,10?,11-,12?/m0/s1. The summed E-state index contributed by atoms with van der Waals surface area (Å²) in [6.07, 6.45) is 2.55. The second kappa shape index (κ2) is 6.64. The highest BCUT2D eigenvalue weighted by Gasteiger charge is 2.51. The highest BCUT2D eigenvalue weighted by Crippen LogP contribution is 2.42. The lowest BCUT2D eigenvalue weighted by atomic mass is 9.94. The predicted molar refractivity (Wildman–Crippen MR) is 81.4 cm³/mol. The molecular formula is C16H24F2N2O4. The van der Waals surface area contributed by atoms with Crippen molar-refractivity contribution >= 4 is 17.8 Å². The molecule has 0 aromatic carbocycles. The Balaban J connectivity index is 2.20. The molecule has 1 saturated heterocycles. The number of carboxylic acids is 1. The average Bonchev–Trinajstić information content (AvgIpc) is 3.01. The Kier molecular flexibility index (Phi) is 5.15. The zero-order chi connectivity index (χ0) is 18.2. The lowest BCUT2D eigenvalue weighted by Crippen LogP contribution is -2.56. The maximum Gasteiger partial charge on any atom is 0.326 e. The molecule has 2 N–H and O–H groups in total. The molecule has 3 unspecified atom stereocenters. The zero-order valence-electron chi connectivity index (χ0n) is 14.1. The van der Waals surface area contributed by atoms with Gasteiger partial charge >= 0.3 is 11.9 Å². The van der Waals surface area contributed by atoms with Gasteiger partial charge in [-0.2, -0.15) is 8.78 Å². The molecule has 1 heterocycles. The van der Waals surface area contributed by atoms with Crippen molar-refractivity contribution in [2.24, 2.45) is 17.8 Å². The van der Waals surface area contributed by atoms with Gasteiger partial charge in [0.05, 0.1) is 0 Å². The normalized spacial score (nSPS) is 27.9. The number of likely N-dealkylation sites (tertiary alicyclic amines) is 1. The maximum absolute atomic E-state index is 13.1. The van der Waals surface area contributed by atoms with Crippen LogP contribution in [0.1, 0.15) is 40.0 Å². The van der Waals surface area contributed by atoms with Crippen LogP contribution in [0.15, 0.2) is 0 Å². The molecule has 24 heavy (non-hydrogen) atoms. The maximum atomic E-state index is 13.1. The van der Waals surface area contributed by atoms with Crippen molar-refractivity contribution in [1.29, 1.82) is 0 Å². The largest absolute Gasteiger partial charge is 0.480 e. The molecule has 2 amide bonds. The lowest BCUT2D eigenvalue weighted by Gasteiger charge is -2.31. The lowest BCUT2D eigenvalue weighted by molar-refractivity contribution is -0.153. The number of rotatable bonds is 5. The van der Waals surface area contributed by atoms with E-state index in [1.54, 1.807) is 13.8 Å². The van der Waals surface area contributed by atoms with Crippen LogP contribution >= 0.6 is 0 Å². The van der Waals surface area contributed by atoms with Gasteiger partial charge in [0.1, 0.15) is 12.1 Å². The number of nitrogens with zero attached hydrogens (tertiary/aromatic N) is 1. The quantitative estimate of drug-likeness (QED) is 0.790. The Hall–Kier alpha value is -1.73. The van der Waals surface area contributed by atoms with Crippen molar-refractivity contribution in [3.63, 3.8) is 0 Å². The summed E-state index contributed by atoms with van der Waals surface area (Å²) in [6, 6.07) is -2.10. The Morgan fingerprint density at radius 2 is 1.88 bits per heavy atom. The van der Waals surface area contributed by atoms with E-state index in [9.17, 15) is 28.3 Å². The number of amides is 2. The monoisotopic (exact) mass is 346 g/mol. The Bertz CT molecular complexity index is 533. The fourth-order valence-corrected chi connectivity index (χ4v) is 3.81. The molecule has 0 aromatic heterocycles. The van der Waals surface area contributed by atoms with Gasteiger partial charge in [-0.25, -0.2) is 4.79 Å². The molecule has 2 rings (SSSR count). The van der Waals surface area contributed by atoms with Crippen LogP contribution in [0.2, 0.25) is 0 Å². The van der Waals surface area contributed by atoms with Crippen molar-refractivity contribution in [3.8, 4) is 0 Å². The van der Waals surface area contributed by atoms with Gasteiger partial charge < -0.3 is 15.3 Å². The molecule has 2 aliphatic rings. The molecule has 4 atom stereocenters. The second-order valence-corrected chi connectivity index (χ2v) is 7.21. The predicted octanol–water partition coefficient (Wildman–Crippen LogP) is 1.49. The summed E-state index contributed by atoms with van der Waals surface area (Å²) in [5.41, 5.74) is 0. The third-order valence-corrected chi connectivity index (χ3v) is 5.04. The van der Waals surface area contributed by atoms with Gasteiger partial charge in [-0.1, -0.05) is 20.3 Å². The number of aliphatic carboxylic acids is 1. The number of carbonyl (C=O) groups excluding carboxylic acids is 2. The van der Waals surface area contributed by atoms with E-state index in [0.29, 0.717) is 13.5 Å². The molecular weight excluding hydrogens is 322 g/mol. The first-order valence-electron chi connectivity index (χ1n) is 8.26. The number of alkyl halides is 2. The molecule has 136 valence electrons. The number of hydrogen-bond acceptors (Lipinski definition) is 3. The molecule has 2 fully saturated rings. The van der Waals surface area contributed by atoms with Gasteiger partial charge in [-0.05, 0) is 30.6 Å². The van der Waals surface area contributed by atoms with Gasteiger partial charge in [0, 0.05) is 13.5 Å². The van der Waals surface area contributed by atoms with Gasteiger partial charge in [0.15, 0.2) is 0 Å². The molecule has 1 aliphatic carbocycles. The average molecular weight is 346 g/mol. The van der Waals surface area contributed by atoms with Crippen LogP contribution in [0.5, 0.6) is 0 Å². The summed E-state index contributed by atoms with van der Waals surface area (Å²) in [5, 5.41) is 11.6. The summed E-state index contributed by atoms with van der Waals surface area (Å²) >= 11 is 0. The first-order chi connectivity index (χ1) is 11.0. The van der Waals surface area contributed by atoms with E-state index in [2.05, 4.69) is 5.32 Å². The second-order valence-electron chi connectivity index (χ2n) is 7.21. The SMILES string of the molecule is CC(C)[C@H](NC(=O)C(C)(F)F)C(=O)N1CC2CCCC2C1C(=O)O. The number of hydrogen-bond donors (Lipinski definition) is 2. The molecule has 6 nitrogen and oxygen atoms in total. The summed E-state index contributed by atoms with van der Waals surface area (Å²) < 4.78 is 26.3. The molecule has 1 aliphatic heterocycles. The van der Waals surface area contributed by atoms with Gasteiger partial charge in [0.2, 0.25) is 5.91 Å². The van der Waals surface area contributed by atoms with Crippen LogP contribution in [-0.4, -0.2) is 52.3 Å². The van der Waals surface area contributed by atoms with E-state index < -0.39 is 41.7 Å². The molecule has 0 bridgehead atoms. The van der Waals surface area contributed by atoms with E-state index in [1.165, 1.54) is 4.90 Å². The van der Waals surface area contributed by atoms with Crippen LogP contribution in [0.4, 0.5) is 8.78 Å². The Morgan fingerprint density at radius 3 is 2.38 bits per heavy atom. The van der Waals surface area contributed by atoms with Crippen LogP contribution in [0, 0.1) is 17.8 Å². The van der Waals surface area contributed by atoms with Crippen molar-refractivity contribution in [2.45, 2.75) is 58.0 Å². The van der Waals surface area contributed by atoms with E-state index in [-0.39, 0.29) is 11.8 Å². The number of carbonyl (C=O) groups is 3. The van der Waals surface area contributed by atoms with E-state index >= 15 is 0 Å². The highest BCUT2D eigenvalue weighted by molar-refractivity contribution is 5.92. The van der Waals surface area contributed by atoms with E-state index in [4.69, 9.17) is 0 Å². The number of nitrogens with one attached hydrogen (secondary N) is 1. The topological polar surface area (TPSA) is 86.7 Å². The van der Waals surface area contributed by atoms with Crippen molar-refractivity contribution in [1.82, 2.24) is 10.2 Å². The minimum atomic E-state index is -3.60.